The van der Waals surface area contributed by atoms with Gasteiger partial charge >= 0.3 is 0 Å². The molecule has 2 atom stereocenters. The van der Waals surface area contributed by atoms with Crippen molar-refractivity contribution in [2.45, 2.75) is 53.4 Å². The van der Waals surface area contributed by atoms with Crippen LogP contribution in [0.25, 0.3) is 0 Å². The Morgan fingerprint density at radius 1 is 1.35 bits per heavy atom. The van der Waals surface area contributed by atoms with Crippen molar-refractivity contribution in [3.05, 3.63) is 40.8 Å². The van der Waals surface area contributed by atoms with Gasteiger partial charge in [-0.15, -0.1) is 11.3 Å². The van der Waals surface area contributed by atoms with Crippen LogP contribution in [0.15, 0.2) is 38.8 Å². The zero-order valence-electron chi connectivity index (χ0n) is 15.0. The van der Waals surface area contributed by atoms with Crippen molar-refractivity contribution in [1.82, 2.24) is 0 Å². The summed E-state index contributed by atoms with van der Waals surface area (Å²) < 4.78 is 6.75. The maximum atomic E-state index is 11.8. The summed E-state index contributed by atoms with van der Waals surface area (Å²) in [4.78, 5) is 14.8. The predicted molar refractivity (Wildman–Crippen MR) is 105 cm³/mol. The third-order valence-corrected chi connectivity index (χ3v) is 7.34. The van der Waals surface area contributed by atoms with Gasteiger partial charge in [-0.05, 0) is 54.1 Å². The Bertz CT molecular complexity index is 834. The Labute approximate surface area is 162 Å². The molecule has 2 aliphatic heterocycles. The zero-order chi connectivity index (χ0) is 18.3. The molecule has 138 valence electrons. The van der Waals surface area contributed by atoms with Gasteiger partial charge in [-0.1, -0.05) is 11.8 Å². The minimum Gasteiger partial charge on any atom is -0.385 e. The van der Waals surface area contributed by atoms with Gasteiger partial charge in [0.15, 0.2) is 0 Å². The molecule has 0 spiro atoms. The molecule has 0 radical (unpaired) electrons. The molecule has 4 rings (SSSR count). The number of anilines is 1. The highest BCUT2D eigenvalue weighted by atomic mass is 32.2. The summed E-state index contributed by atoms with van der Waals surface area (Å²) in [6.07, 6.45) is 2.77. The summed E-state index contributed by atoms with van der Waals surface area (Å²) in [5.74, 6) is 0.180. The smallest absolute Gasteiger partial charge is 0.227 e. The molecule has 0 saturated carbocycles. The minimum atomic E-state index is -0.772. The maximum Gasteiger partial charge on any atom is 0.227 e. The molecule has 1 N–H and O–H groups in total. The van der Waals surface area contributed by atoms with Crippen LogP contribution in [0.1, 0.15) is 37.3 Å². The van der Waals surface area contributed by atoms with Crippen LogP contribution in [0, 0.1) is 0 Å². The third kappa shape index (κ3) is 3.43. The second-order valence-corrected chi connectivity index (χ2v) is 9.45. The number of rotatable bonds is 3. The van der Waals surface area contributed by atoms with Crippen molar-refractivity contribution in [3.8, 4) is 0 Å². The minimum absolute atomic E-state index is 0.0881. The fraction of sp³-hybridized carbons (Fsp3) is 0.450. The highest BCUT2D eigenvalue weighted by Gasteiger charge is 2.35. The Balaban J connectivity index is 1.52. The lowest BCUT2D eigenvalue weighted by Gasteiger charge is -2.35. The van der Waals surface area contributed by atoms with Crippen LogP contribution in [0.4, 0.5) is 5.69 Å². The quantitative estimate of drug-likeness (QED) is 0.855. The predicted octanol–water partition coefficient (Wildman–Crippen LogP) is 4.19. The van der Waals surface area contributed by atoms with Gasteiger partial charge < -0.3 is 14.7 Å². The number of amides is 1. The summed E-state index contributed by atoms with van der Waals surface area (Å²) in [6.45, 7) is 2.62. The molecule has 1 amide bonds. The van der Waals surface area contributed by atoms with Gasteiger partial charge in [0.05, 0.1) is 22.5 Å². The van der Waals surface area contributed by atoms with E-state index in [-0.39, 0.29) is 12.0 Å². The van der Waals surface area contributed by atoms with Crippen LogP contribution in [-0.2, 0) is 21.6 Å². The largest absolute Gasteiger partial charge is 0.385 e. The van der Waals surface area contributed by atoms with Crippen molar-refractivity contribution >= 4 is 34.7 Å². The molecule has 2 aliphatic rings. The molecule has 1 aromatic heterocycles. The van der Waals surface area contributed by atoms with Crippen LogP contribution < -0.4 is 4.90 Å². The fourth-order valence-corrected chi connectivity index (χ4v) is 5.86. The molecular formula is C20H23NO3S2. The number of ether oxygens (including phenoxy) is 1. The number of nitrogens with zero attached hydrogens (tertiary/aromatic N) is 1. The van der Waals surface area contributed by atoms with E-state index in [1.807, 2.05) is 20.0 Å². The normalized spacial score (nSPS) is 26.0. The molecule has 0 unspecified atom stereocenters. The van der Waals surface area contributed by atoms with Gasteiger partial charge in [0.2, 0.25) is 5.91 Å². The third-order valence-electron chi connectivity index (χ3n) is 5.27. The molecule has 2 aromatic rings. The standard InChI is InChI=1S/C20H23NO3S2/c1-13-11-20(23,7-8-24-13)15-10-19(25-12-15)26-16-4-5-17-14(9-16)3-6-18(22)21(17)2/h4-5,9-10,12-13,23H,3,6-8,11H2,1-2H3/t13-,20+/m0/s1. The molecule has 1 saturated heterocycles. The molecule has 3 heterocycles. The maximum absolute atomic E-state index is 11.8. The molecule has 4 nitrogen and oxygen atoms in total. The Hall–Kier alpha value is -1.34. The Morgan fingerprint density at radius 3 is 3.00 bits per heavy atom. The van der Waals surface area contributed by atoms with E-state index in [9.17, 15) is 9.90 Å². The van der Waals surface area contributed by atoms with Crippen LogP contribution >= 0.6 is 23.1 Å². The topological polar surface area (TPSA) is 49.8 Å². The van der Waals surface area contributed by atoms with E-state index < -0.39 is 5.60 Å². The number of aryl methyl sites for hydroxylation is 1. The number of fused-ring (bicyclic) bond motifs is 1. The molecule has 26 heavy (non-hydrogen) atoms. The van der Waals surface area contributed by atoms with Crippen molar-refractivity contribution < 1.29 is 14.6 Å². The first-order valence-corrected chi connectivity index (χ1v) is 10.6. The van der Waals surface area contributed by atoms with Gasteiger partial charge in [-0.3, -0.25) is 4.79 Å². The van der Waals surface area contributed by atoms with Gasteiger partial charge in [-0.25, -0.2) is 0 Å². The molecule has 0 aliphatic carbocycles. The van der Waals surface area contributed by atoms with Crippen molar-refractivity contribution in [3.63, 3.8) is 0 Å². The number of benzene rings is 1. The van der Waals surface area contributed by atoms with Crippen molar-refractivity contribution in [1.29, 1.82) is 0 Å². The lowest BCUT2D eigenvalue weighted by Crippen LogP contribution is -2.37. The summed E-state index contributed by atoms with van der Waals surface area (Å²) >= 11 is 3.39. The van der Waals surface area contributed by atoms with Gasteiger partial charge in [-0.2, -0.15) is 0 Å². The summed E-state index contributed by atoms with van der Waals surface area (Å²) in [5, 5.41) is 13.1. The highest BCUT2D eigenvalue weighted by Crippen LogP contribution is 2.41. The van der Waals surface area contributed by atoms with Gasteiger partial charge in [0.25, 0.3) is 0 Å². The van der Waals surface area contributed by atoms with Crippen LogP contribution in [-0.4, -0.2) is 30.8 Å². The average molecular weight is 390 g/mol. The fourth-order valence-electron chi connectivity index (χ4n) is 3.75. The lowest BCUT2D eigenvalue weighted by atomic mass is 9.86. The summed E-state index contributed by atoms with van der Waals surface area (Å²) in [6, 6.07) is 8.41. The Morgan fingerprint density at radius 2 is 2.19 bits per heavy atom. The van der Waals surface area contributed by atoms with E-state index in [4.69, 9.17) is 4.74 Å². The number of thiophene rings is 1. The Kier molecular flexibility index (Phi) is 4.86. The van der Waals surface area contributed by atoms with Crippen LogP contribution in [0.2, 0.25) is 0 Å². The van der Waals surface area contributed by atoms with E-state index in [0.717, 1.165) is 17.7 Å². The molecule has 1 aromatic carbocycles. The second-order valence-electron chi connectivity index (χ2n) is 7.17. The lowest BCUT2D eigenvalue weighted by molar-refractivity contribution is -0.118. The number of hydrogen-bond acceptors (Lipinski definition) is 5. The van der Waals surface area contributed by atoms with E-state index >= 15 is 0 Å². The SMILES string of the molecule is C[C@H]1C[C@@](O)(c2csc(Sc3ccc4c(c3)CCC(=O)N4C)c2)CCO1. The van der Waals surface area contributed by atoms with Crippen LogP contribution in [0.5, 0.6) is 0 Å². The van der Waals surface area contributed by atoms with Gasteiger partial charge in [0, 0.05) is 36.9 Å². The van der Waals surface area contributed by atoms with Gasteiger partial charge in [0.1, 0.15) is 0 Å². The molecule has 0 bridgehead atoms. The monoisotopic (exact) mass is 389 g/mol. The first kappa shape index (κ1) is 18.0. The van der Waals surface area contributed by atoms with Crippen molar-refractivity contribution in [2.75, 3.05) is 18.6 Å². The first-order valence-electron chi connectivity index (χ1n) is 8.95. The summed E-state index contributed by atoms with van der Waals surface area (Å²) in [5.41, 5.74) is 2.48. The zero-order valence-corrected chi connectivity index (χ0v) is 16.7. The second kappa shape index (κ2) is 7.00. The van der Waals surface area contributed by atoms with E-state index in [2.05, 4.69) is 23.6 Å². The number of aliphatic hydroxyl groups is 1. The summed E-state index contributed by atoms with van der Waals surface area (Å²) in [7, 11) is 1.84. The average Bonchev–Trinajstić information content (AvgIpc) is 3.07. The molecule has 1 fully saturated rings. The molecular weight excluding hydrogens is 366 g/mol. The van der Waals surface area contributed by atoms with Crippen molar-refractivity contribution in [2.24, 2.45) is 0 Å². The van der Waals surface area contributed by atoms with E-state index in [1.165, 1.54) is 14.7 Å². The number of carbonyl (C=O) groups excluding carboxylic acids is 1. The molecule has 6 heteroatoms. The van der Waals surface area contributed by atoms with Crippen LogP contribution in [0.3, 0.4) is 0 Å². The first-order chi connectivity index (χ1) is 12.4. The van der Waals surface area contributed by atoms with E-state index in [1.54, 1.807) is 28.0 Å². The van der Waals surface area contributed by atoms with E-state index in [0.29, 0.717) is 25.9 Å². The number of carbonyl (C=O) groups is 1. The highest BCUT2D eigenvalue weighted by molar-refractivity contribution is 8.01. The number of hydrogen-bond donors (Lipinski definition) is 1.